The smallest absolute Gasteiger partial charge is 0.407 e. The number of unbranched alkanes of at least 4 members (excludes halogenated alkanes) is 18. The molecule has 6 atom stereocenters. The number of halogens is 3. The van der Waals surface area contributed by atoms with Crippen molar-refractivity contribution < 1.29 is 48.3 Å². The number of aliphatic hydroxyl groups is 2. The molecular formula is C42H78Cl3NO10Si. The lowest BCUT2D eigenvalue weighted by atomic mass is 9.96. The Hall–Kier alpha value is -0.863. The number of alkyl carbamates (subject to hydrolysis) is 1. The Morgan fingerprint density at radius 3 is 1.77 bits per heavy atom. The number of rotatable bonds is 33. The molecule has 336 valence electrons. The monoisotopic (exact) mass is 889 g/mol. The van der Waals surface area contributed by atoms with Gasteiger partial charge in [0, 0.05) is 21.1 Å². The van der Waals surface area contributed by atoms with E-state index in [2.05, 4.69) is 38.8 Å². The molecule has 57 heavy (non-hydrogen) atoms. The van der Waals surface area contributed by atoms with Crippen molar-refractivity contribution in [2.24, 2.45) is 0 Å². The van der Waals surface area contributed by atoms with Crippen LogP contribution in [-0.2, 0) is 33.3 Å². The zero-order valence-electron chi connectivity index (χ0n) is 35.9. The minimum atomic E-state index is -1.88. The topological polar surface area (TPSA) is 150 Å². The van der Waals surface area contributed by atoms with Crippen LogP contribution in [0.1, 0.15) is 162 Å². The van der Waals surface area contributed by atoms with Gasteiger partial charge in [-0.15, -0.1) is 0 Å². The molecule has 0 aromatic heterocycles. The van der Waals surface area contributed by atoms with Crippen LogP contribution >= 0.6 is 34.8 Å². The summed E-state index contributed by atoms with van der Waals surface area (Å²) in [5, 5.41) is 23.9. The second-order valence-corrected chi connectivity index (χ2v) is 25.1. The Bertz CT molecular complexity index is 1060. The second-order valence-electron chi connectivity index (χ2n) is 16.9. The Morgan fingerprint density at radius 2 is 1.28 bits per heavy atom. The van der Waals surface area contributed by atoms with Crippen LogP contribution in [-0.4, -0.2) is 96.7 Å². The summed E-state index contributed by atoms with van der Waals surface area (Å²) in [4.78, 5) is 39.5. The van der Waals surface area contributed by atoms with E-state index < -0.39 is 73.9 Å². The lowest BCUT2D eigenvalue weighted by Crippen LogP contribution is -2.66. The van der Waals surface area contributed by atoms with E-state index in [1.165, 1.54) is 77.0 Å². The van der Waals surface area contributed by atoms with Gasteiger partial charge in [0.05, 0.1) is 13.0 Å². The first-order valence-electron chi connectivity index (χ1n) is 22.0. The fourth-order valence-corrected chi connectivity index (χ4v) is 7.65. The highest BCUT2D eigenvalue weighted by Gasteiger charge is 2.49. The summed E-state index contributed by atoms with van der Waals surface area (Å²) in [6.07, 6.45) is 16.4. The number of aliphatic hydroxyl groups excluding tert-OH is 2. The van der Waals surface area contributed by atoms with E-state index in [-0.39, 0.29) is 25.4 Å². The Labute approximate surface area is 360 Å². The van der Waals surface area contributed by atoms with E-state index in [4.69, 9.17) is 58.5 Å². The molecule has 15 heteroatoms. The average Bonchev–Trinajstić information content (AvgIpc) is 3.13. The molecule has 11 nitrogen and oxygen atoms in total. The van der Waals surface area contributed by atoms with Crippen LogP contribution in [0.2, 0.25) is 25.7 Å². The number of carbonyl (C=O) groups is 3. The van der Waals surface area contributed by atoms with Crippen molar-refractivity contribution in [3.8, 4) is 0 Å². The van der Waals surface area contributed by atoms with Crippen LogP contribution in [0.15, 0.2) is 0 Å². The van der Waals surface area contributed by atoms with Crippen LogP contribution in [0.25, 0.3) is 0 Å². The fourth-order valence-electron chi connectivity index (χ4n) is 6.76. The molecule has 0 aliphatic carbocycles. The third kappa shape index (κ3) is 28.3. The van der Waals surface area contributed by atoms with Crippen molar-refractivity contribution in [2.45, 2.75) is 228 Å². The lowest BCUT2D eigenvalue weighted by molar-refractivity contribution is -0.272. The third-order valence-corrected chi connectivity index (χ3v) is 12.2. The molecule has 1 aliphatic rings. The normalized spacial score (nSPS) is 20.6. The Balaban J connectivity index is 2.96. The summed E-state index contributed by atoms with van der Waals surface area (Å²) in [6.45, 7) is 10.0. The number of ether oxygens (including phenoxy) is 5. The number of carbonyl (C=O) groups excluding carboxylic acids is 3. The molecule has 0 aromatic carbocycles. The van der Waals surface area contributed by atoms with Gasteiger partial charge in [-0.3, -0.25) is 9.59 Å². The van der Waals surface area contributed by atoms with Crippen molar-refractivity contribution in [2.75, 3.05) is 19.8 Å². The van der Waals surface area contributed by atoms with Crippen molar-refractivity contribution in [3.05, 3.63) is 0 Å². The molecule has 1 saturated heterocycles. The van der Waals surface area contributed by atoms with Gasteiger partial charge >= 0.3 is 18.0 Å². The van der Waals surface area contributed by atoms with Gasteiger partial charge in [-0.1, -0.05) is 184 Å². The maximum atomic E-state index is 13.6. The molecule has 0 saturated carbocycles. The summed E-state index contributed by atoms with van der Waals surface area (Å²) in [5.41, 5.74) is 0. The van der Waals surface area contributed by atoms with E-state index in [0.29, 0.717) is 6.42 Å². The zero-order valence-corrected chi connectivity index (χ0v) is 39.1. The van der Waals surface area contributed by atoms with Gasteiger partial charge in [0.1, 0.15) is 31.0 Å². The highest BCUT2D eigenvalue weighted by Crippen LogP contribution is 2.28. The number of hydrogen-bond acceptors (Lipinski definition) is 10. The van der Waals surface area contributed by atoms with Crippen LogP contribution in [0.4, 0.5) is 4.79 Å². The first kappa shape index (κ1) is 54.2. The van der Waals surface area contributed by atoms with E-state index in [9.17, 15) is 24.6 Å². The van der Waals surface area contributed by atoms with E-state index in [0.717, 1.165) is 57.4 Å². The summed E-state index contributed by atoms with van der Waals surface area (Å²) in [6, 6.07) is -0.505. The van der Waals surface area contributed by atoms with Crippen LogP contribution in [0, 0.1) is 0 Å². The first-order chi connectivity index (χ1) is 27.1. The van der Waals surface area contributed by atoms with Gasteiger partial charge < -0.3 is 39.2 Å². The third-order valence-electron chi connectivity index (χ3n) is 10.2. The maximum Gasteiger partial charge on any atom is 0.407 e. The number of alkyl halides is 3. The molecule has 1 aliphatic heterocycles. The summed E-state index contributed by atoms with van der Waals surface area (Å²) in [5.74, 6) is -1.10. The van der Waals surface area contributed by atoms with Gasteiger partial charge in [0.2, 0.25) is 3.79 Å². The minimum Gasteiger partial charge on any atom is -0.462 e. The molecule has 1 heterocycles. The zero-order chi connectivity index (χ0) is 42.5. The molecule has 1 fully saturated rings. The van der Waals surface area contributed by atoms with Crippen molar-refractivity contribution in [1.82, 2.24) is 5.32 Å². The minimum absolute atomic E-state index is 0.250. The van der Waals surface area contributed by atoms with Gasteiger partial charge in [-0.05, 0) is 25.3 Å². The summed E-state index contributed by atoms with van der Waals surface area (Å²) >= 11 is 17.3. The Kier molecular flexibility index (Phi) is 30.3. The first-order valence-corrected chi connectivity index (χ1v) is 26.9. The maximum absolute atomic E-state index is 13.6. The van der Waals surface area contributed by atoms with Gasteiger partial charge in [-0.2, -0.15) is 0 Å². The van der Waals surface area contributed by atoms with Crippen molar-refractivity contribution in [1.29, 1.82) is 0 Å². The number of nitrogens with one attached hydrogen (secondary N) is 1. The number of esters is 2. The SMILES string of the molecule is CCCCCCCCCCCCCC(=O)O[C@H](CCCCCCCCCCC)CC(=O)O[C@H]1[C@H](O)[C@@H](CO)O[C@H](OCC[Si](C)(C)C)[C@H]1NC(=O)OCC(Cl)(Cl)Cl. The Morgan fingerprint density at radius 1 is 0.772 bits per heavy atom. The van der Waals surface area contributed by atoms with Crippen LogP contribution < -0.4 is 5.32 Å². The van der Waals surface area contributed by atoms with Crippen molar-refractivity contribution >= 4 is 60.9 Å². The lowest BCUT2D eigenvalue weighted by Gasteiger charge is -2.43. The molecule has 0 unspecified atom stereocenters. The number of hydrogen-bond donors (Lipinski definition) is 3. The molecule has 1 rings (SSSR count). The summed E-state index contributed by atoms with van der Waals surface area (Å²) in [7, 11) is -1.56. The van der Waals surface area contributed by atoms with Gasteiger partial charge in [-0.25, -0.2) is 4.79 Å². The van der Waals surface area contributed by atoms with E-state index in [1.54, 1.807) is 0 Å². The van der Waals surface area contributed by atoms with Crippen LogP contribution in [0.3, 0.4) is 0 Å². The van der Waals surface area contributed by atoms with Crippen molar-refractivity contribution in [3.63, 3.8) is 0 Å². The molecule has 0 spiro atoms. The predicted molar refractivity (Wildman–Crippen MR) is 232 cm³/mol. The van der Waals surface area contributed by atoms with Gasteiger partial charge in [0.25, 0.3) is 0 Å². The van der Waals surface area contributed by atoms with Crippen LogP contribution in [0.5, 0.6) is 0 Å². The molecule has 0 bridgehead atoms. The molecular weight excluding hydrogens is 813 g/mol. The quantitative estimate of drug-likeness (QED) is 0.0191. The fraction of sp³-hybridized carbons (Fsp3) is 0.929. The van der Waals surface area contributed by atoms with Gasteiger partial charge in [0.15, 0.2) is 12.4 Å². The molecule has 0 radical (unpaired) electrons. The van der Waals surface area contributed by atoms with E-state index in [1.807, 2.05) is 0 Å². The highest BCUT2D eigenvalue weighted by atomic mass is 35.6. The highest BCUT2D eigenvalue weighted by molar-refractivity contribution is 6.76. The molecule has 3 N–H and O–H groups in total. The second kappa shape index (κ2) is 31.9. The summed E-state index contributed by atoms with van der Waals surface area (Å²) < 4.78 is 26.8. The average molecular weight is 892 g/mol. The number of amides is 1. The predicted octanol–water partition coefficient (Wildman–Crippen LogP) is 10.7. The molecule has 1 amide bonds. The van der Waals surface area contributed by atoms with E-state index >= 15 is 0 Å². The largest absolute Gasteiger partial charge is 0.462 e. The molecule has 0 aromatic rings. The standard InChI is InChI=1S/C42H78Cl3NO10Si/c1-6-8-10-12-14-16-17-19-21-23-25-27-35(48)54-33(26-24-22-20-18-15-13-11-9-7-2)30-36(49)56-39-37(46-41(51)53-32-42(43,44)45)40(52-28-29-57(3,4)5)55-34(31-47)38(39)50/h33-34,37-40,47,50H,6-32H2,1-5H3,(H,46,51)/t33-,34-,37+,38-,39-,40+/m1/s1.